The number of nitrogens with zero attached hydrogens (tertiary/aromatic N) is 2. The molecule has 0 saturated heterocycles. The molecule has 2 aliphatic heterocycles. The number of thioether (sulfide) groups is 1. The quantitative estimate of drug-likeness (QED) is 0.498. The van der Waals surface area contributed by atoms with Gasteiger partial charge in [-0.05, 0) is 37.0 Å². The van der Waals surface area contributed by atoms with Crippen LogP contribution in [0.25, 0.3) is 0 Å². The Labute approximate surface area is 215 Å². The number of carbonyl (C=O) groups is 2. The molecule has 8 nitrogen and oxygen atoms in total. The summed E-state index contributed by atoms with van der Waals surface area (Å²) in [7, 11) is 3.16. The zero-order valence-electron chi connectivity index (χ0n) is 20.7. The van der Waals surface area contributed by atoms with E-state index < -0.39 is 12.0 Å². The fourth-order valence-corrected chi connectivity index (χ4v) is 5.17. The summed E-state index contributed by atoms with van der Waals surface area (Å²) in [6.45, 7) is 4.23. The second-order valence-electron chi connectivity index (χ2n) is 8.16. The van der Waals surface area contributed by atoms with Crippen LogP contribution in [-0.2, 0) is 20.9 Å². The molecule has 0 aromatic heterocycles. The van der Waals surface area contributed by atoms with Gasteiger partial charge in [0.05, 0.1) is 44.6 Å². The Morgan fingerprint density at radius 3 is 2.58 bits per heavy atom. The van der Waals surface area contributed by atoms with Crippen molar-refractivity contribution in [3.05, 3.63) is 82.0 Å². The lowest BCUT2D eigenvalue weighted by atomic mass is 9.93. The lowest BCUT2D eigenvalue weighted by molar-refractivity contribution is -0.139. The molecule has 2 heterocycles. The van der Waals surface area contributed by atoms with E-state index >= 15 is 0 Å². The summed E-state index contributed by atoms with van der Waals surface area (Å²) in [5.41, 5.74) is 3.47. The topological polar surface area (TPSA) is 89.5 Å². The normalized spacial score (nSPS) is 16.7. The van der Waals surface area contributed by atoms with Gasteiger partial charge in [0.15, 0.2) is 5.17 Å². The summed E-state index contributed by atoms with van der Waals surface area (Å²) >= 11 is 1.42. The SMILES string of the molecule is CCOC(=O)C1=C(C)N=C2SC=C(CC(=O)NCc3ccccc3)N2[C@@H]1c1ccc(OC)cc1OC. The van der Waals surface area contributed by atoms with E-state index in [1.165, 1.54) is 11.8 Å². The molecule has 4 rings (SSSR count). The third-order valence-corrected chi connectivity index (χ3v) is 6.79. The van der Waals surface area contributed by atoms with Crippen LogP contribution in [0.2, 0.25) is 0 Å². The molecule has 2 aliphatic rings. The first-order valence-electron chi connectivity index (χ1n) is 11.6. The third kappa shape index (κ3) is 5.26. The van der Waals surface area contributed by atoms with Crippen molar-refractivity contribution >= 4 is 28.8 Å². The average Bonchev–Trinajstić information content (AvgIpc) is 3.28. The Morgan fingerprint density at radius 2 is 1.89 bits per heavy atom. The monoisotopic (exact) mass is 507 g/mol. The number of allylic oxidation sites excluding steroid dienone is 1. The van der Waals surface area contributed by atoms with E-state index in [9.17, 15) is 9.59 Å². The van der Waals surface area contributed by atoms with Gasteiger partial charge in [0.2, 0.25) is 5.91 Å². The Kier molecular flexibility index (Phi) is 8.00. The van der Waals surface area contributed by atoms with Gasteiger partial charge in [0, 0.05) is 23.9 Å². The van der Waals surface area contributed by atoms with Gasteiger partial charge in [-0.1, -0.05) is 42.1 Å². The summed E-state index contributed by atoms with van der Waals surface area (Å²) < 4.78 is 16.5. The molecule has 0 fully saturated rings. The van der Waals surface area contributed by atoms with Gasteiger partial charge in [-0.3, -0.25) is 4.79 Å². The zero-order chi connectivity index (χ0) is 25.7. The van der Waals surface area contributed by atoms with E-state index in [0.29, 0.717) is 34.5 Å². The molecule has 0 spiro atoms. The Hall–Kier alpha value is -3.72. The van der Waals surface area contributed by atoms with Crippen molar-refractivity contribution in [2.75, 3.05) is 20.8 Å². The molecule has 0 aliphatic carbocycles. The Bertz CT molecular complexity index is 1240. The van der Waals surface area contributed by atoms with Crippen LogP contribution in [0.3, 0.4) is 0 Å². The summed E-state index contributed by atoms with van der Waals surface area (Å²) in [5.74, 6) is 0.604. The van der Waals surface area contributed by atoms with Crippen molar-refractivity contribution in [2.24, 2.45) is 4.99 Å². The highest BCUT2D eigenvalue weighted by Gasteiger charge is 2.42. The van der Waals surface area contributed by atoms with Crippen LogP contribution < -0.4 is 14.8 Å². The highest BCUT2D eigenvalue weighted by atomic mass is 32.2. The van der Waals surface area contributed by atoms with Crippen LogP contribution in [0, 0.1) is 0 Å². The molecule has 0 unspecified atom stereocenters. The van der Waals surface area contributed by atoms with Gasteiger partial charge < -0.3 is 24.4 Å². The summed E-state index contributed by atoms with van der Waals surface area (Å²) in [6, 6.07) is 14.6. The van der Waals surface area contributed by atoms with E-state index in [1.54, 1.807) is 34.1 Å². The number of carbonyl (C=O) groups excluding carboxylic acids is 2. The predicted molar refractivity (Wildman–Crippen MR) is 139 cm³/mol. The largest absolute Gasteiger partial charge is 0.497 e. The van der Waals surface area contributed by atoms with Crippen molar-refractivity contribution in [1.82, 2.24) is 10.2 Å². The van der Waals surface area contributed by atoms with Crippen molar-refractivity contribution in [2.45, 2.75) is 32.9 Å². The van der Waals surface area contributed by atoms with Gasteiger partial charge in [-0.15, -0.1) is 0 Å². The molecule has 0 radical (unpaired) electrons. The number of methoxy groups -OCH3 is 2. The zero-order valence-corrected chi connectivity index (χ0v) is 21.6. The Balaban J connectivity index is 1.67. The minimum Gasteiger partial charge on any atom is -0.497 e. The van der Waals surface area contributed by atoms with Crippen LogP contribution in [0.5, 0.6) is 11.5 Å². The minimum atomic E-state index is -0.583. The molecule has 9 heteroatoms. The number of hydrogen-bond donors (Lipinski definition) is 1. The molecular formula is C27H29N3O5S. The van der Waals surface area contributed by atoms with Crippen molar-refractivity contribution in [3.63, 3.8) is 0 Å². The van der Waals surface area contributed by atoms with Gasteiger partial charge in [-0.25, -0.2) is 9.79 Å². The average molecular weight is 508 g/mol. The standard InChI is InChI=1S/C27H29N3O5S/c1-5-35-26(32)24-17(2)29-27-30(25(24)21-12-11-20(33-3)14-22(21)34-4)19(16-36-27)13-23(31)28-15-18-9-7-6-8-10-18/h6-12,14,16,25H,5,13,15H2,1-4H3,(H,28,31)/t25-/m1/s1. The molecule has 1 N–H and O–H groups in total. The molecule has 2 aromatic rings. The predicted octanol–water partition coefficient (Wildman–Crippen LogP) is 4.55. The first-order chi connectivity index (χ1) is 17.5. The minimum absolute atomic E-state index is 0.128. The van der Waals surface area contributed by atoms with Crippen LogP contribution in [0.1, 0.15) is 37.4 Å². The van der Waals surface area contributed by atoms with Crippen LogP contribution >= 0.6 is 11.8 Å². The van der Waals surface area contributed by atoms with E-state index in [0.717, 1.165) is 16.8 Å². The van der Waals surface area contributed by atoms with Crippen molar-refractivity contribution < 1.29 is 23.8 Å². The number of ether oxygens (including phenoxy) is 3. The number of nitrogens with one attached hydrogen (secondary N) is 1. The maximum absolute atomic E-state index is 13.1. The number of esters is 1. The highest BCUT2D eigenvalue weighted by molar-refractivity contribution is 8.16. The molecule has 188 valence electrons. The smallest absolute Gasteiger partial charge is 0.338 e. The van der Waals surface area contributed by atoms with E-state index in [-0.39, 0.29) is 18.9 Å². The third-order valence-electron chi connectivity index (χ3n) is 5.91. The second-order valence-corrected chi connectivity index (χ2v) is 9.00. The van der Waals surface area contributed by atoms with Crippen LogP contribution in [0.15, 0.2) is 75.9 Å². The lowest BCUT2D eigenvalue weighted by Crippen LogP contribution is -2.38. The van der Waals surface area contributed by atoms with Crippen LogP contribution in [0.4, 0.5) is 0 Å². The highest BCUT2D eigenvalue weighted by Crippen LogP contribution is 2.47. The summed E-state index contributed by atoms with van der Waals surface area (Å²) in [4.78, 5) is 32.7. The number of amidine groups is 1. The first kappa shape index (κ1) is 25.4. The Morgan fingerprint density at radius 1 is 1.11 bits per heavy atom. The summed E-state index contributed by atoms with van der Waals surface area (Å²) in [6.07, 6.45) is 0.128. The molecular weight excluding hydrogens is 478 g/mol. The van der Waals surface area contributed by atoms with E-state index in [4.69, 9.17) is 14.2 Å². The number of amides is 1. The molecule has 1 amide bonds. The van der Waals surface area contributed by atoms with E-state index in [2.05, 4.69) is 10.3 Å². The van der Waals surface area contributed by atoms with E-state index in [1.807, 2.05) is 52.8 Å². The fraction of sp³-hybridized carbons (Fsp3) is 0.296. The van der Waals surface area contributed by atoms with Gasteiger partial charge in [0.1, 0.15) is 11.5 Å². The maximum atomic E-state index is 13.1. The number of hydrogen-bond acceptors (Lipinski definition) is 8. The van der Waals surface area contributed by atoms with Gasteiger partial charge >= 0.3 is 5.97 Å². The first-order valence-corrected chi connectivity index (χ1v) is 12.5. The van der Waals surface area contributed by atoms with Crippen molar-refractivity contribution in [3.8, 4) is 11.5 Å². The van der Waals surface area contributed by atoms with Crippen LogP contribution in [-0.4, -0.2) is 42.8 Å². The molecule has 1 atom stereocenters. The second kappa shape index (κ2) is 11.3. The number of aliphatic imine (C=N–C) groups is 1. The summed E-state index contributed by atoms with van der Waals surface area (Å²) in [5, 5.41) is 5.57. The maximum Gasteiger partial charge on any atom is 0.338 e. The molecule has 2 aromatic carbocycles. The van der Waals surface area contributed by atoms with Gasteiger partial charge in [-0.2, -0.15) is 0 Å². The molecule has 0 bridgehead atoms. The number of fused-ring (bicyclic) bond motifs is 1. The lowest BCUT2D eigenvalue weighted by Gasteiger charge is -2.36. The fourth-order valence-electron chi connectivity index (χ4n) is 4.20. The molecule has 0 saturated carbocycles. The molecule has 36 heavy (non-hydrogen) atoms. The number of rotatable bonds is 9. The van der Waals surface area contributed by atoms with Gasteiger partial charge in [0.25, 0.3) is 0 Å². The van der Waals surface area contributed by atoms with Crippen molar-refractivity contribution in [1.29, 1.82) is 0 Å². The number of benzene rings is 2.